The number of carbonyl (C=O) groups excluding carboxylic acids is 1. The maximum atomic E-state index is 12.5. The SMILES string of the molecule is Cc1nc(-c2cccnc2)[nH]c(=O)c1CC(=O)NC1CCCc2occc21. The van der Waals surface area contributed by atoms with Crippen LogP contribution < -0.4 is 10.9 Å². The van der Waals surface area contributed by atoms with Crippen molar-refractivity contribution in [3.05, 3.63) is 69.8 Å². The summed E-state index contributed by atoms with van der Waals surface area (Å²) in [6.07, 6.45) is 7.67. The van der Waals surface area contributed by atoms with Gasteiger partial charge < -0.3 is 14.7 Å². The zero-order valence-electron chi connectivity index (χ0n) is 15.0. The molecule has 1 aliphatic rings. The maximum absolute atomic E-state index is 12.5. The van der Waals surface area contributed by atoms with E-state index in [0.29, 0.717) is 17.1 Å². The number of aromatic nitrogens is 3. The lowest BCUT2D eigenvalue weighted by Crippen LogP contribution is -2.33. The summed E-state index contributed by atoms with van der Waals surface area (Å²) < 4.78 is 5.46. The minimum Gasteiger partial charge on any atom is -0.469 e. The van der Waals surface area contributed by atoms with Crippen LogP contribution in [0.4, 0.5) is 0 Å². The van der Waals surface area contributed by atoms with Gasteiger partial charge >= 0.3 is 0 Å². The number of pyridine rings is 1. The summed E-state index contributed by atoms with van der Waals surface area (Å²) in [5.74, 6) is 1.19. The van der Waals surface area contributed by atoms with Gasteiger partial charge in [0, 0.05) is 41.2 Å². The molecule has 1 unspecified atom stereocenters. The molecule has 1 atom stereocenters. The van der Waals surface area contributed by atoms with Crippen LogP contribution in [0.25, 0.3) is 11.4 Å². The first kappa shape index (κ1) is 17.2. The Labute approximate surface area is 155 Å². The predicted octanol–water partition coefficient (Wildman–Crippen LogP) is 2.47. The molecule has 7 heteroatoms. The molecular weight excluding hydrogens is 344 g/mol. The number of hydrogen-bond acceptors (Lipinski definition) is 5. The molecule has 0 spiro atoms. The van der Waals surface area contributed by atoms with E-state index in [2.05, 4.69) is 20.3 Å². The Balaban J connectivity index is 1.52. The first-order valence-corrected chi connectivity index (χ1v) is 8.97. The van der Waals surface area contributed by atoms with Crippen molar-refractivity contribution in [3.63, 3.8) is 0 Å². The fourth-order valence-electron chi connectivity index (χ4n) is 3.50. The van der Waals surface area contributed by atoms with E-state index in [0.717, 1.165) is 36.1 Å². The van der Waals surface area contributed by atoms with Crippen LogP contribution in [-0.2, 0) is 17.6 Å². The van der Waals surface area contributed by atoms with Crippen LogP contribution in [-0.4, -0.2) is 20.9 Å². The number of nitrogens with zero attached hydrogens (tertiary/aromatic N) is 2. The number of carbonyl (C=O) groups is 1. The molecule has 1 amide bonds. The van der Waals surface area contributed by atoms with Crippen molar-refractivity contribution in [2.45, 2.75) is 38.6 Å². The number of fused-ring (bicyclic) bond motifs is 1. The molecule has 0 aliphatic heterocycles. The standard InChI is InChI=1S/C20H20N4O3/c1-12-15(20(26)24-19(22-12)13-4-3-8-21-11-13)10-18(25)23-16-5-2-6-17-14(16)7-9-27-17/h3-4,7-9,11,16H,2,5-6,10H2,1H3,(H,23,25)(H,22,24,26). The summed E-state index contributed by atoms with van der Waals surface area (Å²) in [4.78, 5) is 36.3. The third kappa shape index (κ3) is 3.53. The van der Waals surface area contributed by atoms with Gasteiger partial charge in [-0.2, -0.15) is 0 Å². The lowest BCUT2D eigenvalue weighted by Gasteiger charge is -2.22. The highest BCUT2D eigenvalue weighted by molar-refractivity contribution is 5.79. The average molecular weight is 364 g/mol. The third-order valence-electron chi connectivity index (χ3n) is 4.88. The molecule has 4 rings (SSSR count). The van der Waals surface area contributed by atoms with Gasteiger partial charge in [-0.3, -0.25) is 14.6 Å². The summed E-state index contributed by atoms with van der Waals surface area (Å²) in [5, 5.41) is 3.02. The van der Waals surface area contributed by atoms with E-state index in [4.69, 9.17) is 4.42 Å². The zero-order valence-corrected chi connectivity index (χ0v) is 15.0. The van der Waals surface area contributed by atoms with E-state index in [1.807, 2.05) is 12.1 Å². The van der Waals surface area contributed by atoms with Crippen molar-refractivity contribution < 1.29 is 9.21 Å². The topological polar surface area (TPSA) is 101 Å². The number of amides is 1. The number of nitrogens with one attached hydrogen (secondary N) is 2. The van der Waals surface area contributed by atoms with Crippen molar-refractivity contribution in [1.82, 2.24) is 20.3 Å². The fourth-order valence-corrected chi connectivity index (χ4v) is 3.50. The molecule has 3 heterocycles. The molecule has 3 aromatic heterocycles. The Morgan fingerprint density at radius 1 is 1.41 bits per heavy atom. The van der Waals surface area contributed by atoms with Gasteiger partial charge in [0.25, 0.3) is 5.56 Å². The summed E-state index contributed by atoms with van der Waals surface area (Å²) in [6, 6.07) is 5.44. The van der Waals surface area contributed by atoms with Crippen molar-refractivity contribution in [3.8, 4) is 11.4 Å². The Kier molecular flexibility index (Phi) is 4.58. The number of aryl methyl sites for hydroxylation is 2. The molecule has 0 fully saturated rings. The second-order valence-electron chi connectivity index (χ2n) is 6.71. The first-order valence-electron chi connectivity index (χ1n) is 8.97. The number of aromatic amines is 1. The second kappa shape index (κ2) is 7.19. The summed E-state index contributed by atoms with van der Waals surface area (Å²) in [5.41, 5.74) is 2.38. The molecule has 0 saturated heterocycles. The minimum absolute atomic E-state index is 0.00876. The van der Waals surface area contributed by atoms with Crippen LogP contribution in [0.5, 0.6) is 0 Å². The number of H-pyrrole nitrogens is 1. The van der Waals surface area contributed by atoms with Crippen LogP contribution in [0.3, 0.4) is 0 Å². The van der Waals surface area contributed by atoms with Gasteiger partial charge in [-0.25, -0.2) is 4.98 Å². The Bertz CT molecular complexity index is 1020. The summed E-state index contributed by atoms with van der Waals surface area (Å²) in [6.45, 7) is 1.74. The molecule has 27 heavy (non-hydrogen) atoms. The van der Waals surface area contributed by atoms with Crippen molar-refractivity contribution in [2.75, 3.05) is 0 Å². The molecule has 0 aromatic carbocycles. The van der Waals surface area contributed by atoms with Gasteiger partial charge in [0.05, 0.1) is 18.7 Å². The first-order chi connectivity index (χ1) is 13.1. The molecule has 1 aliphatic carbocycles. The Morgan fingerprint density at radius 3 is 3.07 bits per heavy atom. The number of furan rings is 1. The third-order valence-corrected chi connectivity index (χ3v) is 4.88. The van der Waals surface area contributed by atoms with E-state index in [9.17, 15) is 9.59 Å². The number of hydrogen-bond donors (Lipinski definition) is 2. The number of rotatable bonds is 4. The largest absolute Gasteiger partial charge is 0.469 e. The van der Waals surface area contributed by atoms with Crippen LogP contribution in [0.1, 0.15) is 41.5 Å². The van der Waals surface area contributed by atoms with Gasteiger partial charge in [0.2, 0.25) is 5.91 Å². The molecule has 3 aromatic rings. The highest BCUT2D eigenvalue weighted by Crippen LogP contribution is 2.30. The second-order valence-corrected chi connectivity index (χ2v) is 6.71. The van der Waals surface area contributed by atoms with Crippen molar-refractivity contribution in [2.24, 2.45) is 0 Å². The molecular formula is C20H20N4O3. The van der Waals surface area contributed by atoms with Gasteiger partial charge in [-0.15, -0.1) is 0 Å². The van der Waals surface area contributed by atoms with Gasteiger partial charge in [0.15, 0.2) is 0 Å². The van der Waals surface area contributed by atoms with E-state index >= 15 is 0 Å². The van der Waals surface area contributed by atoms with Gasteiger partial charge in [0.1, 0.15) is 11.6 Å². The fraction of sp³-hybridized carbons (Fsp3) is 0.300. The summed E-state index contributed by atoms with van der Waals surface area (Å²) >= 11 is 0. The zero-order chi connectivity index (χ0) is 18.8. The van der Waals surface area contributed by atoms with E-state index in [1.54, 1.807) is 31.6 Å². The van der Waals surface area contributed by atoms with Crippen LogP contribution in [0.15, 0.2) is 46.1 Å². The molecule has 7 nitrogen and oxygen atoms in total. The van der Waals surface area contributed by atoms with Crippen LogP contribution in [0.2, 0.25) is 0 Å². The normalized spacial score (nSPS) is 16.0. The quantitative estimate of drug-likeness (QED) is 0.741. The summed E-state index contributed by atoms with van der Waals surface area (Å²) in [7, 11) is 0. The molecule has 138 valence electrons. The average Bonchev–Trinajstić information content (AvgIpc) is 3.15. The molecule has 0 radical (unpaired) electrons. The predicted molar refractivity (Wildman–Crippen MR) is 99.1 cm³/mol. The van der Waals surface area contributed by atoms with E-state index < -0.39 is 0 Å². The highest BCUT2D eigenvalue weighted by Gasteiger charge is 2.24. The van der Waals surface area contributed by atoms with Gasteiger partial charge in [-0.05, 0) is 38.0 Å². The lowest BCUT2D eigenvalue weighted by molar-refractivity contribution is -0.121. The van der Waals surface area contributed by atoms with Crippen LogP contribution >= 0.6 is 0 Å². The van der Waals surface area contributed by atoms with E-state index in [1.165, 1.54) is 0 Å². The van der Waals surface area contributed by atoms with Crippen molar-refractivity contribution in [1.29, 1.82) is 0 Å². The highest BCUT2D eigenvalue weighted by atomic mass is 16.3. The van der Waals surface area contributed by atoms with Crippen molar-refractivity contribution >= 4 is 5.91 Å². The Morgan fingerprint density at radius 2 is 2.30 bits per heavy atom. The van der Waals surface area contributed by atoms with Crippen LogP contribution in [0, 0.1) is 6.92 Å². The molecule has 0 saturated carbocycles. The lowest BCUT2D eigenvalue weighted by atomic mass is 9.93. The maximum Gasteiger partial charge on any atom is 0.255 e. The molecule has 2 N–H and O–H groups in total. The smallest absolute Gasteiger partial charge is 0.255 e. The Hall–Kier alpha value is -3.22. The minimum atomic E-state index is -0.302. The van der Waals surface area contributed by atoms with E-state index in [-0.39, 0.29) is 23.9 Å². The molecule has 0 bridgehead atoms. The monoisotopic (exact) mass is 364 g/mol. The van der Waals surface area contributed by atoms with Gasteiger partial charge in [-0.1, -0.05) is 0 Å².